The van der Waals surface area contributed by atoms with Gasteiger partial charge in [-0.15, -0.1) is 0 Å². The molecule has 1 atom stereocenters. The number of aromatic amines is 1. The molecule has 0 amide bonds. The number of aromatic nitrogens is 6. The van der Waals surface area contributed by atoms with Crippen LogP contribution in [0.5, 0.6) is 0 Å². The van der Waals surface area contributed by atoms with Crippen molar-refractivity contribution in [1.29, 1.82) is 0 Å². The Morgan fingerprint density at radius 2 is 1.86 bits per heavy atom. The van der Waals surface area contributed by atoms with Crippen LogP contribution in [0, 0.1) is 6.92 Å². The molecule has 1 saturated carbocycles. The van der Waals surface area contributed by atoms with Gasteiger partial charge < -0.3 is 25.2 Å². The zero-order valence-electron chi connectivity index (χ0n) is 20.8. The number of nitrogens with zero attached hydrogens (tertiary/aromatic N) is 6. The van der Waals surface area contributed by atoms with Crippen LogP contribution < -0.4 is 15.5 Å². The van der Waals surface area contributed by atoms with E-state index in [1.807, 2.05) is 43.3 Å². The van der Waals surface area contributed by atoms with Gasteiger partial charge in [0, 0.05) is 42.7 Å². The van der Waals surface area contributed by atoms with Crippen LogP contribution in [0.1, 0.15) is 56.0 Å². The minimum absolute atomic E-state index is 0.0227. The third kappa shape index (κ3) is 5.26. The Kier molecular flexibility index (Phi) is 6.44. The highest BCUT2D eigenvalue weighted by molar-refractivity contribution is 5.60. The average Bonchev–Trinajstić information content (AvgIpc) is 3.67. The van der Waals surface area contributed by atoms with E-state index < -0.39 is 0 Å². The molecule has 0 bridgehead atoms. The van der Waals surface area contributed by atoms with Gasteiger partial charge in [0.15, 0.2) is 11.6 Å². The fourth-order valence-electron chi connectivity index (χ4n) is 5.13. The molecule has 1 aliphatic carbocycles. The molecule has 2 fully saturated rings. The van der Waals surface area contributed by atoms with Crippen LogP contribution in [0.25, 0.3) is 11.4 Å². The first-order valence-electron chi connectivity index (χ1n) is 12.9. The molecule has 5 heterocycles. The number of anilines is 4. The van der Waals surface area contributed by atoms with Crippen molar-refractivity contribution in [3.05, 3.63) is 54.0 Å². The molecule has 11 nitrogen and oxygen atoms in total. The summed E-state index contributed by atoms with van der Waals surface area (Å²) in [6.07, 6.45) is 6.86. The second-order valence-electron chi connectivity index (χ2n) is 9.83. The molecule has 4 aromatic rings. The molecule has 4 N–H and O–H groups in total. The van der Waals surface area contributed by atoms with E-state index >= 15 is 0 Å². The average molecular weight is 502 g/mol. The summed E-state index contributed by atoms with van der Waals surface area (Å²) in [5.74, 6) is 3.50. The highest BCUT2D eigenvalue weighted by atomic mass is 16.5. The second kappa shape index (κ2) is 10.2. The van der Waals surface area contributed by atoms with Crippen LogP contribution in [-0.4, -0.2) is 54.1 Å². The summed E-state index contributed by atoms with van der Waals surface area (Å²) in [7, 11) is 0. The molecule has 1 saturated heterocycles. The number of nitrogens with one attached hydrogen (secondary N) is 3. The van der Waals surface area contributed by atoms with E-state index in [0.717, 1.165) is 73.7 Å². The number of pyridine rings is 1. The molecule has 37 heavy (non-hydrogen) atoms. The maximum Gasteiger partial charge on any atom is 0.229 e. The van der Waals surface area contributed by atoms with Crippen LogP contribution in [0.3, 0.4) is 0 Å². The molecule has 0 radical (unpaired) electrons. The lowest BCUT2D eigenvalue weighted by Gasteiger charge is -2.28. The maximum atomic E-state index is 9.90. The normalized spacial score (nSPS) is 21.8. The van der Waals surface area contributed by atoms with E-state index in [9.17, 15) is 5.11 Å². The van der Waals surface area contributed by atoms with E-state index in [2.05, 4.69) is 35.9 Å². The zero-order chi connectivity index (χ0) is 25.2. The summed E-state index contributed by atoms with van der Waals surface area (Å²) < 4.78 is 5.79. The molecule has 0 spiro atoms. The number of H-pyrrole nitrogens is 1. The van der Waals surface area contributed by atoms with Crippen LogP contribution in [-0.2, 0) is 0 Å². The van der Waals surface area contributed by atoms with Crippen LogP contribution in [0.4, 0.5) is 23.4 Å². The molecule has 192 valence electrons. The number of rotatable bonds is 7. The van der Waals surface area contributed by atoms with Gasteiger partial charge in [-0.2, -0.15) is 15.1 Å². The van der Waals surface area contributed by atoms with Crippen molar-refractivity contribution in [2.75, 3.05) is 22.1 Å². The lowest BCUT2D eigenvalue weighted by molar-refractivity contribution is 0.126. The Hall–Kier alpha value is -3.99. The van der Waals surface area contributed by atoms with Crippen molar-refractivity contribution in [1.82, 2.24) is 30.3 Å². The van der Waals surface area contributed by atoms with Crippen molar-refractivity contribution in [2.24, 2.45) is 0 Å². The van der Waals surface area contributed by atoms with Crippen molar-refractivity contribution in [3.63, 3.8) is 0 Å². The third-order valence-electron chi connectivity index (χ3n) is 7.02. The van der Waals surface area contributed by atoms with Gasteiger partial charge in [0.05, 0.1) is 17.8 Å². The molecular formula is C26H31N9O2. The smallest absolute Gasteiger partial charge is 0.229 e. The van der Waals surface area contributed by atoms with E-state index in [0.29, 0.717) is 17.6 Å². The van der Waals surface area contributed by atoms with Gasteiger partial charge in [0.1, 0.15) is 17.3 Å². The highest BCUT2D eigenvalue weighted by Crippen LogP contribution is 2.37. The molecule has 6 rings (SSSR count). The Balaban J connectivity index is 1.29. The number of hydrogen-bond donors (Lipinski definition) is 4. The lowest BCUT2D eigenvalue weighted by atomic mass is 9.93. The SMILES string of the molecule is Cc1cc(Nc2cc(NC3CCC(O)CC3)nc(N3CCCC3c3cc(-c4ccccn4)no3)n2)n[nH]1. The molecule has 4 aromatic heterocycles. The van der Waals surface area contributed by atoms with Gasteiger partial charge in [0.2, 0.25) is 5.95 Å². The monoisotopic (exact) mass is 501 g/mol. The minimum atomic E-state index is -0.206. The first-order chi connectivity index (χ1) is 18.1. The van der Waals surface area contributed by atoms with Gasteiger partial charge in [-0.1, -0.05) is 11.2 Å². The van der Waals surface area contributed by atoms with Gasteiger partial charge in [-0.25, -0.2) is 0 Å². The standard InChI is InChI=1S/C26H31N9O2/c1-16-13-25(33-32-16)29-24-15-23(28-17-7-9-18(36)10-8-17)30-26(31-24)35-12-4-6-21(35)22-14-20(34-37-22)19-5-2-3-11-27-19/h2-3,5,11,13-15,17-18,21,36H,4,6-10,12H2,1H3,(H3,28,29,30,31,32,33). The number of aryl methyl sites for hydroxylation is 1. The first-order valence-corrected chi connectivity index (χ1v) is 12.9. The summed E-state index contributed by atoms with van der Waals surface area (Å²) in [6.45, 7) is 2.77. The van der Waals surface area contributed by atoms with E-state index in [4.69, 9.17) is 14.5 Å². The zero-order valence-corrected chi connectivity index (χ0v) is 20.8. The fraction of sp³-hybridized carbons (Fsp3) is 0.423. The van der Waals surface area contributed by atoms with Gasteiger partial charge in [0.25, 0.3) is 0 Å². The Bertz CT molecular complexity index is 1330. The van der Waals surface area contributed by atoms with E-state index in [1.165, 1.54) is 0 Å². The van der Waals surface area contributed by atoms with Crippen molar-refractivity contribution >= 4 is 23.4 Å². The first kappa shape index (κ1) is 23.4. The summed E-state index contributed by atoms with van der Waals surface area (Å²) in [6, 6.07) is 11.8. The van der Waals surface area contributed by atoms with Gasteiger partial charge >= 0.3 is 0 Å². The van der Waals surface area contributed by atoms with Crippen molar-refractivity contribution in [2.45, 2.75) is 63.6 Å². The topological polar surface area (TPSA) is 141 Å². The molecule has 11 heteroatoms. The summed E-state index contributed by atoms with van der Waals surface area (Å²) in [4.78, 5) is 16.3. The molecular weight excluding hydrogens is 470 g/mol. The summed E-state index contributed by atoms with van der Waals surface area (Å²) in [5.41, 5.74) is 2.46. The van der Waals surface area contributed by atoms with Crippen LogP contribution in [0.2, 0.25) is 0 Å². The third-order valence-corrected chi connectivity index (χ3v) is 7.02. The largest absolute Gasteiger partial charge is 0.393 e. The number of aliphatic hydroxyl groups excluding tert-OH is 1. The van der Waals surface area contributed by atoms with Crippen LogP contribution in [0.15, 0.2) is 47.1 Å². The highest BCUT2D eigenvalue weighted by Gasteiger charge is 2.32. The van der Waals surface area contributed by atoms with Crippen molar-refractivity contribution < 1.29 is 9.63 Å². The van der Waals surface area contributed by atoms with E-state index in [-0.39, 0.29) is 18.2 Å². The minimum Gasteiger partial charge on any atom is -0.393 e. The van der Waals surface area contributed by atoms with Crippen LogP contribution >= 0.6 is 0 Å². The Morgan fingerprint density at radius 1 is 1.00 bits per heavy atom. The number of aliphatic hydroxyl groups is 1. The predicted octanol–water partition coefficient (Wildman–Crippen LogP) is 4.36. The summed E-state index contributed by atoms with van der Waals surface area (Å²) >= 11 is 0. The lowest BCUT2D eigenvalue weighted by Crippen LogP contribution is -2.29. The molecule has 1 unspecified atom stereocenters. The fourth-order valence-corrected chi connectivity index (χ4v) is 5.13. The van der Waals surface area contributed by atoms with E-state index in [1.54, 1.807) is 6.20 Å². The predicted molar refractivity (Wildman–Crippen MR) is 140 cm³/mol. The van der Waals surface area contributed by atoms with Crippen molar-refractivity contribution in [3.8, 4) is 11.4 Å². The molecule has 1 aliphatic heterocycles. The van der Waals surface area contributed by atoms with Gasteiger partial charge in [-0.05, 0) is 57.6 Å². The Labute approximate surface area is 214 Å². The maximum absolute atomic E-state index is 9.90. The molecule has 2 aliphatic rings. The van der Waals surface area contributed by atoms with Gasteiger partial charge in [-0.3, -0.25) is 10.1 Å². The second-order valence-corrected chi connectivity index (χ2v) is 9.83. The molecule has 0 aromatic carbocycles. The summed E-state index contributed by atoms with van der Waals surface area (Å²) in [5, 5.41) is 28.3. The number of hydrogen-bond acceptors (Lipinski definition) is 10. The quantitative estimate of drug-likeness (QED) is 0.289. The Morgan fingerprint density at radius 3 is 2.65 bits per heavy atom.